The molecule has 0 aromatic carbocycles. The van der Waals surface area contributed by atoms with Gasteiger partial charge in [0.15, 0.2) is 0 Å². The molecule has 1 nitrogen and oxygen atoms in total. The first-order valence-electron chi connectivity index (χ1n) is 12.9. The zero-order valence-corrected chi connectivity index (χ0v) is 18.6. The average molecular weight is 377 g/mol. The average Bonchev–Trinajstić information content (AvgIpc) is 2.74. The molecule has 1 saturated heterocycles. The maximum atomic E-state index is 6.41. The van der Waals surface area contributed by atoms with Gasteiger partial charge in [0.25, 0.3) is 0 Å². The minimum Gasteiger partial charge on any atom is -0.378 e. The summed E-state index contributed by atoms with van der Waals surface area (Å²) in [6.45, 7) is 5.77. The molecule has 158 valence electrons. The van der Waals surface area contributed by atoms with Gasteiger partial charge in [0.2, 0.25) is 0 Å². The minimum atomic E-state index is 0.609. The fourth-order valence-corrected chi connectivity index (χ4v) is 6.36. The predicted molar refractivity (Wildman–Crippen MR) is 117 cm³/mol. The molecule has 2 saturated carbocycles. The van der Waals surface area contributed by atoms with E-state index in [0.29, 0.717) is 6.10 Å². The topological polar surface area (TPSA) is 9.23 Å². The third-order valence-corrected chi connectivity index (χ3v) is 8.57. The molecule has 0 amide bonds. The lowest BCUT2D eigenvalue weighted by Crippen LogP contribution is -2.34. The van der Waals surface area contributed by atoms with Crippen molar-refractivity contribution in [2.75, 3.05) is 6.61 Å². The number of ether oxygens (including phenoxy) is 1. The van der Waals surface area contributed by atoms with Gasteiger partial charge in [0.05, 0.1) is 6.10 Å². The van der Waals surface area contributed by atoms with Gasteiger partial charge in [-0.3, -0.25) is 0 Å². The zero-order valence-electron chi connectivity index (χ0n) is 18.6. The second kappa shape index (κ2) is 11.8. The zero-order chi connectivity index (χ0) is 18.9. The SMILES string of the molecule is CCCCCC1CCC(CCC2CCC(C3CCC(CC)CC3)OC2)CC1. The van der Waals surface area contributed by atoms with Gasteiger partial charge in [-0.2, -0.15) is 0 Å². The van der Waals surface area contributed by atoms with Crippen LogP contribution in [0.2, 0.25) is 0 Å². The van der Waals surface area contributed by atoms with E-state index >= 15 is 0 Å². The molecule has 3 fully saturated rings. The van der Waals surface area contributed by atoms with E-state index in [1.54, 1.807) is 0 Å². The van der Waals surface area contributed by atoms with E-state index < -0.39 is 0 Å². The summed E-state index contributed by atoms with van der Waals surface area (Å²) in [5.74, 6) is 4.87. The first-order chi connectivity index (χ1) is 13.3. The van der Waals surface area contributed by atoms with Crippen LogP contribution < -0.4 is 0 Å². The molecule has 1 heterocycles. The van der Waals surface area contributed by atoms with Gasteiger partial charge in [-0.15, -0.1) is 0 Å². The molecule has 0 N–H and O–H groups in total. The first kappa shape index (κ1) is 21.7. The van der Waals surface area contributed by atoms with Crippen LogP contribution in [0.4, 0.5) is 0 Å². The van der Waals surface area contributed by atoms with Crippen LogP contribution in [0.3, 0.4) is 0 Å². The van der Waals surface area contributed by atoms with E-state index in [1.807, 2.05) is 0 Å². The Bertz CT molecular complexity index is 368. The van der Waals surface area contributed by atoms with Crippen molar-refractivity contribution in [2.24, 2.45) is 29.6 Å². The maximum absolute atomic E-state index is 6.41. The lowest BCUT2D eigenvalue weighted by Gasteiger charge is -2.38. The fourth-order valence-electron chi connectivity index (χ4n) is 6.36. The number of unbranched alkanes of at least 4 members (excludes halogenated alkanes) is 2. The first-order valence-corrected chi connectivity index (χ1v) is 12.9. The van der Waals surface area contributed by atoms with Crippen LogP contribution >= 0.6 is 0 Å². The van der Waals surface area contributed by atoms with Crippen molar-refractivity contribution in [1.29, 1.82) is 0 Å². The minimum absolute atomic E-state index is 0.609. The largest absolute Gasteiger partial charge is 0.378 e. The molecule has 0 spiro atoms. The van der Waals surface area contributed by atoms with Crippen LogP contribution in [0, 0.1) is 29.6 Å². The molecule has 2 atom stereocenters. The van der Waals surface area contributed by atoms with E-state index in [4.69, 9.17) is 4.74 Å². The molecule has 0 aromatic heterocycles. The van der Waals surface area contributed by atoms with Crippen LogP contribution in [-0.4, -0.2) is 12.7 Å². The van der Waals surface area contributed by atoms with Gasteiger partial charge in [-0.25, -0.2) is 0 Å². The molecule has 3 aliphatic rings. The Morgan fingerprint density at radius 3 is 1.78 bits per heavy atom. The summed E-state index contributed by atoms with van der Waals surface area (Å²) in [5, 5.41) is 0. The lowest BCUT2D eigenvalue weighted by atomic mass is 9.75. The summed E-state index contributed by atoms with van der Waals surface area (Å²) in [7, 11) is 0. The monoisotopic (exact) mass is 376 g/mol. The standard InChI is InChI=1S/C26H48O/c1-3-5-6-7-22-8-10-23(11-9-22)12-13-24-16-19-26(27-20-24)25-17-14-21(4-2)15-18-25/h21-26H,3-20H2,1-2H3. The molecule has 0 bridgehead atoms. The molecular formula is C26H48O. The van der Waals surface area contributed by atoms with Crippen LogP contribution in [0.5, 0.6) is 0 Å². The Kier molecular flexibility index (Phi) is 9.50. The van der Waals surface area contributed by atoms with E-state index in [0.717, 1.165) is 36.2 Å². The predicted octanol–water partition coefficient (Wildman–Crippen LogP) is 8.16. The van der Waals surface area contributed by atoms with Crippen LogP contribution in [-0.2, 0) is 4.74 Å². The third kappa shape index (κ3) is 7.06. The quantitative estimate of drug-likeness (QED) is 0.369. The Hall–Kier alpha value is -0.0400. The molecule has 27 heavy (non-hydrogen) atoms. The highest BCUT2D eigenvalue weighted by Crippen LogP contribution is 2.39. The van der Waals surface area contributed by atoms with Crippen molar-refractivity contribution >= 4 is 0 Å². The summed E-state index contributed by atoms with van der Waals surface area (Å²) in [5.41, 5.74) is 0. The molecule has 2 unspecified atom stereocenters. The van der Waals surface area contributed by atoms with Crippen molar-refractivity contribution in [2.45, 2.75) is 129 Å². The highest BCUT2D eigenvalue weighted by molar-refractivity contribution is 4.82. The van der Waals surface area contributed by atoms with Gasteiger partial charge in [0, 0.05) is 6.61 Å². The van der Waals surface area contributed by atoms with Crippen LogP contribution in [0.15, 0.2) is 0 Å². The van der Waals surface area contributed by atoms with E-state index in [1.165, 1.54) is 109 Å². The molecule has 2 aliphatic carbocycles. The summed E-state index contributed by atoms with van der Waals surface area (Å²) in [4.78, 5) is 0. The Morgan fingerprint density at radius 2 is 1.19 bits per heavy atom. The molecule has 0 radical (unpaired) electrons. The van der Waals surface area contributed by atoms with Crippen LogP contribution in [0.25, 0.3) is 0 Å². The van der Waals surface area contributed by atoms with Crippen LogP contribution in [0.1, 0.15) is 123 Å². The van der Waals surface area contributed by atoms with Crippen molar-refractivity contribution in [3.63, 3.8) is 0 Å². The van der Waals surface area contributed by atoms with Crippen molar-refractivity contribution in [3.05, 3.63) is 0 Å². The summed E-state index contributed by atoms with van der Waals surface area (Å²) < 4.78 is 6.41. The molecule has 1 aliphatic heterocycles. The second-order valence-corrected chi connectivity index (χ2v) is 10.5. The van der Waals surface area contributed by atoms with Gasteiger partial charge in [0.1, 0.15) is 0 Å². The highest BCUT2D eigenvalue weighted by Gasteiger charge is 2.31. The summed E-state index contributed by atoms with van der Waals surface area (Å²) in [6, 6.07) is 0. The normalized spacial score (nSPS) is 38.0. The molecular weight excluding hydrogens is 328 g/mol. The van der Waals surface area contributed by atoms with Crippen molar-refractivity contribution in [1.82, 2.24) is 0 Å². The molecule has 1 heteroatoms. The maximum Gasteiger partial charge on any atom is 0.0603 e. The smallest absolute Gasteiger partial charge is 0.0603 e. The lowest BCUT2D eigenvalue weighted by molar-refractivity contribution is -0.0605. The van der Waals surface area contributed by atoms with E-state index in [-0.39, 0.29) is 0 Å². The van der Waals surface area contributed by atoms with E-state index in [2.05, 4.69) is 13.8 Å². The van der Waals surface area contributed by atoms with Gasteiger partial charge < -0.3 is 4.74 Å². The van der Waals surface area contributed by atoms with Gasteiger partial charge >= 0.3 is 0 Å². The fraction of sp³-hybridized carbons (Fsp3) is 1.00. The molecule has 3 rings (SSSR count). The number of hydrogen-bond acceptors (Lipinski definition) is 1. The Morgan fingerprint density at radius 1 is 0.593 bits per heavy atom. The summed E-state index contributed by atoms with van der Waals surface area (Å²) >= 11 is 0. The van der Waals surface area contributed by atoms with Crippen molar-refractivity contribution in [3.8, 4) is 0 Å². The Balaban J connectivity index is 1.25. The second-order valence-electron chi connectivity index (χ2n) is 10.5. The number of rotatable bonds is 9. The Labute approximate surface area is 170 Å². The van der Waals surface area contributed by atoms with E-state index in [9.17, 15) is 0 Å². The third-order valence-electron chi connectivity index (χ3n) is 8.57. The van der Waals surface area contributed by atoms with Gasteiger partial charge in [-0.05, 0) is 61.7 Å². The molecule has 0 aromatic rings. The van der Waals surface area contributed by atoms with Gasteiger partial charge in [-0.1, -0.05) is 90.9 Å². The highest BCUT2D eigenvalue weighted by atomic mass is 16.5. The number of hydrogen-bond donors (Lipinski definition) is 0. The summed E-state index contributed by atoms with van der Waals surface area (Å²) in [6.07, 6.45) is 25.5. The van der Waals surface area contributed by atoms with Crippen molar-refractivity contribution < 1.29 is 4.74 Å².